The van der Waals surface area contributed by atoms with E-state index in [1.807, 2.05) is 30.3 Å². The molecule has 146 valence electrons. The van der Waals surface area contributed by atoms with Gasteiger partial charge < -0.3 is 9.84 Å². The summed E-state index contributed by atoms with van der Waals surface area (Å²) < 4.78 is 5.27. The van der Waals surface area contributed by atoms with Crippen molar-refractivity contribution in [3.05, 3.63) is 35.9 Å². The molecule has 0 saturated heterocycles. The van der Waals surface area contributed by atoms with Crippen molar-refractivity contribution in [2.45, 2.75) is 78.7 Å². The summed E-state index contributed by atoms with van der Waals surface area (Å²) in [6, 6.07) is 9.70. The van der Waals surface area contributed by atoms with Crippen LogP contribution < -0.4 is 0 Å². The van der Waals surface area contributed by atoms with Crippen LogP contribution in [-0.2, 0) is 20.9 Å². The van der Waals surface area contributed by atoms with Crippen molar-refractivity contribution in [1.29, 1.82) is 0 Å². The molecule has 0 aromatic heterocycles. The lowest BCUT2D eigenvalue weighted by molar-refractivity contribution is -0.145. The third-order valence-electron chi connectivity index (χ3n) is 4.82. The van der Waals surface area contributed by atoms with Crippen molar-refractivity contribution in [3.8, 4) is 0 Å². The predicted molar refractivity (Wildman–Crippen MR) is 104 cm³/mol. The first-order valence-corrected chi connectivity index (χ1v) is 9.70. The van der Waals surface area contributed by atoms with Crippen LogP contribution in [-0.4, -0.2) is 17.0 Å². The van der Waals surface area contributed by atoms with E-state index in [9.17, 15) is 9.59 Å². The van der Waals surface area contributed by atoms with E-state index in [4.69, 9.17) is 9.84 Å². The number of rotatable bonds is 12. The molecule has 1 atom stereocenters. The van der Waals surface area contributed by atoms with Gasteiger partial charge in [-0.1, -0.05) is 76.8 Å². The fraction of sp³-hybridized carbons (Fsp3) is 0.636. The highest BCUT2D eigenvalue weighted by Crippen LogP contribution is 2.33. The number of esters is 1. The Bertz CT molecular complexity index is 531. The minimum Gasteiger partial charge on any atom is -0.481 e. The van der Waals surface area contributed by atoms with E-state index in [2.05, 4.69) is 20.8 Å². The Morgan fingerprint density at radius 1 is 1.00 bits per heavy atom. The molecule has 1 aromatic carbocycles. The monoisotopic (exact) mass is 362 g/mol. The molecule has 0 aliphatic carbocycles. The van der Waals surface area contributed by atoms with Crippen molar-refractivity contribution >= 4 is 11.9 Å². The average Bonchev–Trinajstić information content (AvgIpc) is 2.57. The maximum atomic E-state index is 11.7. The third-order valence-corrected chi connectivity index (χ3v) is 4.82. The van der Waals surface area contributed by atoms with Gasteiger partial charge in [-0.2, -0.15) is 0 Å². The van der Waals surface area contributed by atoms with Crippen LogP contribution >= 0.6 is 0 Å². The molecular formula is C22H34O4. The van der Waals surface area contributed by atoms with Gasteiger partial charge in [0.15, 0.2) is 0 Å². The summed E-state index contributed by atoms with van der Waals surface area (Å²) in [6.45, 7) is 6.68. The molecule has 0 saturated carbocycles. The molecule has 26 heavy (non-hydrogen) atoms. The van der Waals surface area contributed by atoms with Crippen molar-refractivity contribution < 1.29 is 19.4 Å². The molecule has 0 radical (unpaired) electrons. The fourth-order valence-electron chi connectivity index (χ4n) is 3.05. The van der Waals surface area contributed by atoms with E-state index >= 15 is 0 Å². The number of ether oxygens (including phenoxy) is 1. The minimum absolute atomic E-state index is 0.0287. The molecule has 1 aromatic rings. The van der Waals surface area contributed by atoms with Gasteiger partial charge in [-0.25, -0.2) is 0 Å². The van der Waals surface area contributed by atoms with E-state index in [0.29, 0.717) is 13.0 Å². The van der Waals surface area contributed by atoms with Gasteiger partial charge >= 0.3 is 11.9 Å². The lowest BCUT2D eigenvalue weighted by Gasteiger charge is -2.29. The van der Waals surface area contributed by atoms with Crippen LogP contribution in [0.4, 0.5) is 0 Å². The second-order valence-corrected chi connectivity index (χ2v) is 8.11. The quantitative estimate of drug-likeness (QED) is 0.388. The summed E-state index contributed by atoms with van der Waals surface area (Å²) >= 11 is 0. The number of unbranched alkanes of at least 4 members (excludes halogenated alkanes) is 4. The maximum Gasteiger partial charge on any atom is 0.306 e. The summed E-state index contributed by atoms with van der Waals surface area (Å²) in [5.41, 5.74) is 1.04. The largest absolute Gasteiger partial charge is 0.481 e. The Kier molecular flexibility index (Phi) is 10.0. The lowest BCUT2D eigenvalue weighted by Crippen LogP contribution is -2.23. The number of carboxylic acid groups (broad SMARTS) is 1. The summed E-state index contributed by atoms with van der Waals surface area (Å²) in [7, 11) is 0. The van der Waals surface area contributed by atoms with Crippen molar-refractivity contribution in [1.82, 2.24) is 0 Å². The van der Waals surface area contributed by atoms with E-state index in [1.54, 1.807) is 0 Å². The molecule has 0 unspecified atom stereocenters. The number of benzene rings is 1. The van der Waals surface area contributed by atoms with Crippen LogP contribution in [0.1, 0.15) is 77.7 Å². The molecule has 0 amide bonds. The highest BCUT2D eigenvalue weighted by molar-refractivity contribution is 5.69. The fourth-order valence-corrected chi connectivity index (χ4v) is 3.05. The number of hydrogen-bond donors (Lipinski definition) is 1. The molecule has 0 heterocycles. The Morgan fingerprint density at radius 3 is 2.23 bits per heavy atom. The zero-order valence-corrected chi connectivity index (χ0v) is 16.5. The Morgan fingerprint density at radius 2 is 1.62 bits per heavy atom. The normalized spacial score (nSPS) is 12.6. The second-order valence-electron chi connectivity index (χ2n) is 8.11. The Hall–Kier alpha value is -1.84. The smallest absolute Gasteiger partial charge is 0.306 e. The molecule has 0 aliphatic rings. The van der Waals surface area contributed by atoms with Crippen molar-refractivity contribution in [3.63, 3.8) is 0 Å². The number of hydrogen-bond acceptors (Lipinski definition) is 3. The number of carboxylic acids is 1. The summed E-state index contributed by atoms with van der Waals surface area (Å²) in [5.74, 6) is -0.630. The third kappa shape index (κ3) is 10.2. The van der Waals surface area contributed by atoms with Gasteiger partial charge in [0.25, 0.3) is 0 Å². The molecular weight excluding hydrogens is 328 g/mol. The van der Waals surface area contributed by atoms with E-state index in [1.165, 1.54) is 0 Å². The van der Waals surface area contributed by atoms with Gasteiger partial charge in [-0.05, 0) is 29.7 Å². The summed E-state index contributed by atoms with van der Waals surface area (Å²) in [6.07, 6.45) is 6.75. The summed E-state index contributed by atoms with van der Waals surface area (Å²) in [5, 5.41) is 9.04. The van der Waals surface area contributed by atoms with Crippen molar-refractivity contribution in [2.75, 3.05) is 0 Å². The Balaban J connectivity index is 2.07. The number of aliphatic carboxylic acids is 1. The number of carbonyl (C=O) groups excluding carboxylic acids is 1. The van der Waals surface area contributed by atoms with E-state index < -0.39 is 5.97 Å². The predicted octanol–water partition coefficient (Wildman–Crippen LogP) is 5.60. The summed E-state index contributed by atoms with van der Waals surface area (Å²) in [4.78, 5) is 22.7. The van der Waals surface area contributed by atoms with Gasteiger partial charge in [-0.3, -0.25) is 9.59 Å². The topological polar surface area (TPSA) is 63.6 Å². The van der Waals surface area contributed by atoms with Crippen molar-refractivity contribution in [2.24, 2.45) is 11.3 Å². The standard InChI is InChI=1S/C22H34O4/c1-22(2,3)19(16-20(23)24)14-10-5-4-6-11-15-21(25)26-17-18-12-8-7-9-13-18/h7-9,12-13,19H,4-6,10-11,14-17H2,1-3H3,(H,23,24)/t19-/m1/s1. The molecule has 0 spiro atoms. The van der Waals surface area contributed by atoms with E-state index in [0.717, 1.165) is 44.1 Å². The minimum atomic E-state index is -0.709. The molecule has 1 rings (SSSR count). The van der Waals surface area contributed by atoms with Crippen LogP contribution in [0.3, 0.4) is 0 Å². The molecule has 0 fully saturated rings. The van der Waals surface area contributed by atoms with Gasteiger partial charge in [0.05, 0.1) is 0 Å². The molecule has 0 bridgehead atoms. The highest BCUT2D eigenvalue weighted by atomic mass is 16.5. The first kappa shape index (κ1) is 22.2. The Labute approximate surface area is 158 Å². The molecule has 4 nitrogen and oxygen atoms in total. The molecule has 1 N–H and O–H groups in total. The van der Waals surface area contributed by atoms with Gasteiger partial charge in [0.2, 0.25) is 0 Å². The zero-order valence-electron chi connectivity index (χ0n) is 16.5. The highest BCUT2D eigenvalue weighted by Gasteiger charge is 2.26. The van der Waals surface area contributed by atoms with Crippen LogP contribution in [0.2, 0.25) is 0 Å². The van der Waals surface area contributed by atoms with Crippen LogP contribution in [0.5, 0.6) is 0 Å². The first-order chi connectivity index (χ1) is 12.3. The van der Waals surface area contributed by atoms with E-state index in [-0.39, 0.29) is 23.7 Å². The van der Waals surface area contributed by atoms with Gasteiger partial charge in [0, 0.05) is 12.8 Å². The molecule has 4 heteroatoms. The average molecular weight is 363 g/mol. The lowest BCUT2D eigenvalue weighted by atomic mass is 9.76. The van der Waals surface area contributed by atoms with Crippen LogP contribution in [0.25, 0.3) is 0 Å². The number of carbonyl (C=O) groups is 2. The SMILES string of the molecule is CC(C)(C)[C@H](CCCCCCCC(=O)OCc1ccccc1)CC(=O)O. The van der Waals surface area contributed by atoms with Gasteiger partial charge in [-0.15, -0.1) is 0 Å². The first-order valence-electron chi connectivity index (χ1n) is 9.70. The van der Waals surface area contributed by atoms with Crippen LogP contribution in [0, 0.1) is 11.3 Å². The van der Waals surface area contributed by atoms with Crippen LogP contribution in [0.15, 0.2) is 30.3 Å². The molecule has 0 aliphatic heterocycles. The second kappa shape index (κ2) is 11.7. The zero-order chi connectivity index (χ0) is 19.4. The maximum absolute atomic E-state index is 11.7. The van der Waals surface area contributed by atoms with Gasteiger partial charge in [0.1, 0.15) is 6.61 Å².